The van der Waals surface area contributed by atoms with E-state index in [1.165, 1.54) is 6.20 Å². The largest absolute Gasteiger partial charge is 0.409 e. The molecule has 0 aliphatic heterocycles. The molecule has 4 N–H and O–H groups in total. The van der Waals surface area contributed by atoms with Crippen molar-refractivity contribution in [3.8, 4) is 0 Å². The van der Waals surface area contributed by atoms with Crippen LogP contribution in [0.25, 0.3) is 0 Å². The van der Waals surface area contributed by atoms with Crippen molar-refractivity contribution in [3.05, 3.63) is 12.0 Å². The molecule has 20 heavy (non-hydrogen) atoms. The quantitative estimate of drug-likeness (QED) is 0.291. The molecule has 8 nitrogen and oxygen atoms in total. The van der Waals surface area contributed by atoms with Crippen molar-refractivity contribution in [2.24, 2.45) is 10.9 Å². The van der Waals surface area contributed by atoms with Crippen LogP contribution in [0.15, 0.2) is 16.4 Å². The summed E-state index contributed by atoms with van der Waals surface area (Å²) >= 11 is 0. The zero-order chi connectivity index (χ0) is 15.3. The van der Waals surface area contributed by atoms with E-state index in [2.05, 4.69) is 14.9 Å². The lowest BCUT2D eigenvalue weighted by molar-refractivity contribution is 0.315. The van der Waals surface area contributed by atoms with Gasteiger partial charge in [-0.2, -0.15) is 4.72 Å². The molecular weight excluding hydrogens is 282 g/mol. The van der Waals surface area contributed by atoms with Gasteiger partial charge in [0.1, 0.15) is 5.82 Å². The zero-order valence-electron chi connectivity index (χ0n) is 11.9. The highest BCUT2D eigenvalue weighted by atomic mass is 32.2. The molecule has 0 saturated carbocycles. The summed E-state index contributed by atoms with van der Waals surface area (Å²) in [6.45, 7) is 6.17. The van der Waals surface area contributed by atoms with E-state index in [-0.39, 0.29) is 10.9 Å². The second-order valence-corrected chi connectivity index (χ2v) is 6.09. The second kappa shape index (κ2) is 6.71. The summed E-state index contributed by atoms with van der Waals surface area (Å²) in [4.78, 5) is 4.04. The molecule has 0 fully saturated rings. The molecule has 1 unspecified atom stereocenters. The average molecular weight is 303 g/mol. The third kappa shape index (κ3) is 3.70. The van der Waals surface area contributed by atoms with E-state index >= 15 is 0 Å². The number of nitrogens with zero attached hydrogens (tertiary/aromatic N) is 3. The Morgan fingerprint density at radius 3 is 2.75 bits per heavy atom. The minimum Gasteiger partial charge on any atom is -0.409 e. The van der Waals surface area contributed by atoms with Crippen molar-refractivity contribution in [1.29, 1.82) is 0 Å². The number of aryl methyl sites for hydroxylation is 2. The fourth-order valence-corrected chi connectivity index (χ4v) is 3.05. The first-order chi connectivity index (χ1) is 9.35. The molecule has 0 aliphatic carbocycles. The van der Waals surface area contributed by atoms with E-state index in [0.717, 1.165) is 6.42 Å². The molecule has 0 saturated heterocycles. The molecule has 1 aromatic heterocycles. The van der Waals surface area contributed by atoms with Crippen molar-refractivity contribution in [1.82, 2.24) is 14.3 Å². The van der Waals surface area contributed by atoms with Crippen LogP contribution < -0.4 is 10.5 Å². The molecule has 0 radical (unpaired) electrons. The molecule has 0 amide bonds. The van der Waals surface area contributed by atoms with Crippen LogP contribution in [0, 0.1) is 6.92 Å². The molecule has 1 heterocycles. The lowest BCUT2D eigenvalue weighted by atomic mass is 10.2. The maximum absolute atomic E-state index is 12.2. The number of hydrogen-bond acceptors (Lipinski definition) is 5. The van der Waals surface area contributed by atoms with Crippen molar-refractivity contribution in [3.63, 3.8) is 0 Å². The normalized spacial score (nSPS) is 14.4. The van der Waals surface area contributed by atoms with E-state index < -0.39 is 16.1 Å². The van der Waals surface area contributed by atoms with Crippen LogP contribution >= 0.6 is 0 Å². The third-order valence-corrected chi connectivity index (χ3v) is 4.21. The topological polar surface area (TPSA) is 123 Å². The van der Waals surface area contributed by atoms with Crippen LogP contribution in [-0.4, -0.2) is 35.1 Å². The zero-order valence-corrected chi connectivity index (χ0v) is 12.7. The fraction of sp³-hybridized carbons (Fsp3) is 0.636. The number of hydrogen-bond donors (Lipinski definition) is 3. The Morgan fingerprint density at radius 2 is 2.25 bits per heavy atom. The Hall–Kier alpha value is -1.61. The average Bonchev–Trinajstić information content (AvgIpc) is 2.78. The number of nitrogens with two attached hydrogens (primary N) is 1. The van der Waals surface area contributed by atoms with Gasteiger partial charge in [-0.1, -0.05) is 19.0 Å². The molecule has 0 aromatic carbocycles. The van der Waals surface area contributed by atoms with Gasteiger partial charge in [-0.05, 0) is 19.8 Å². The van der Waals surface area contributed by atoms with E-state index in [9.17, 15) is 8.42 Å². The lowest BCUT2D eigenvalue weighted by Crippen LogP contribution is -2.44. The summed E-state index contributed by atoms with van der Waals surface area (Å²) in [6.07, 6.45) is 2.73. The van der Waals surface area contributed by atoms with Crippen LogP contribution in [0.4, 0.5) is 0 Å². The first-order valence-electron chi connectivity index (χ1n) is 6.39. The van der Waals surface area contributed by atoms with Crippen LogP contribution in [0.3, 0.4) is 0 Å². The highest BCUT2D eigenvalue weighted by Crippen LogP contribution is 2.11. The van der Waals surface area contributed by atoms with Gasteiger partial charge in [-0.25, -0.2) is 13.4 Å². The first kappa shape index (κ1) is 16.4. The third-order valence-electron chi connectivity index (χ3n) is 2.87. The van der Waals surface area contributed by atoms with Gasteiger partial charge in [0.2, 0.25) is 0 Å². The van der Waals surface area contributed by atoms with Crippen LogP contribution in [-0.2, 0) is 16.6 Å². The molecule has 1 aromatic rings. The molecule has 1 atom stereocenters. The summed E-state index contributed by atoms with van der Waals surface area (Å²) in [5.74, 6) is 0.449. The van der Waals surface area contributed by atoms with Gasteiger partial charge >= 0.3 is 0 Å². The molecule has 0 spiro atoms. The molecule has 0 bridgehead atoms. The van der Waals surface area contributed by atoms with Gasteiger partial charge in [0.15, 0.2) is 10.9 Å². The monoisotopic (exact) mass is 303 g/mol. The molecule has 0 aliphatic rings. The molecule has 1 rings (SSSR count). The Balaban J connectivity index is 3.02. The van der Waals surface area contributed by atoms with Crippen molar-refractivity contribution >= 4 is 15.9 Å². The van der Waals surface area contributed by atoms with Gasteiger partial charge in [-0.15, -0.1) is 0 Å². The maximum atomic E-state index is 12.2. The number of nitrogens with one attached hydrogen (secondary N) is 1. The Bertz CT molecular complexity index is 579. The number of sulfonamides is 1. The highest BCUT2D eigenvalue weighted by Gasteiger charge is 2.24. The summed E-state index contributed by atoms with van der Waals surface area (Å²) in [5, 5.41) is 11.4. The first-order valence-corrected chi connectivity index (χ1v) is 7.87. The number of rotatable bonds is 7. The fourth-order valence-electron chi connectivity index (χ4n) is 1.75. The summed E-state index contributed by atoms with van der Waals surface area (Å²) in [7, 11) is -3.80. The maximum Gasteiger partial charge on any atom is 0.260 e. The van der Waals surface area contributed by atoms with E-state index in [1.807, 2.05) is 6.92 Å². The minimum absolute atomic E-state index is 0.0624. The van der Waals surface area contributed by atoms with Crippen LogP contribution in [0.5, 0.6) is 0 Å². The number of amidine groups is 1. The molecule has 114 valence electrons. The Morgan fingerprint density at radius 1 is 1.60 bits per heavy atom. The standard InChI is InChI=1S/C11H21N5O3S/c1-4-6-16-7-10(13-8(16)3)20(18,19)15-9(5-2)11(12)14-17/h7,9,15,17H,4-6H2,1-3H3,(H2,12,14). The molecular formula is C11H21N5O3S. The summed E-state index contributed by atoms with van der Waals surface area (Å²) in [6, 6.07) is -0.762. The van der Waals surface area contributed by atoms with Gasteiger partial charge in [0.25, 0.3) is 10.0 Å². The Kier molecular flexibility index (Phi) is 5.52. The summed E-state index contributed by atoms with van der Waals surface area (Å²) < 4.78 is 28.6. The van der Waals surface area contributed by atoms with Crippen molar-refractivity contribution < 1.29 is 13.6 Å². The predicted octanol–water partition coefficient (Wildman–Crippen LogP) is 0.405. The van der Waals surface area contributed by atoms with Crippen molar-refractivity contribution in [2.75, 3.05) is 0 Å². The van der Waals surface area contributed by atoms with Gasteiger partial charge in [0, 0.05) is 12.7 Å². The van der Waals surface area contributed by atoms with E-state index in [1.54, 1.807) is 18.4 Å². The number of aromatic nitrogens is 2. The Labute approximate surface area is 118 Å². The number of oxime groups is 1. The lowest BCUT2D eigenvalue weighted by Gasteiger charge is -2.14. The van der Waals surface area contributed by atoms with E-state index in [4.69, 9.17) is 10.9 Å². The molecule has 9 heteroatoms. The van der Waals surface area contributed by atoms with Gasteiger partial charge in [0.05, 0.1) is 6.04 Å². The van der Waals surface area contributed by atoms with Gasteiger partial charge < -0.3 is 15.5 Å². The number of imidazole rings is 1. The smallest absolute Gasteiger partial charge is 0.260 e. The van der Waals surface area contributed by atoms with Gasteiger partial charge in [-0.3, -0.25) is 0 Å². The van der Waals surface area contributed by atoms with Crippen LogP contribution in [0.1, 0.15) is 32.5 Å². The highest BCUT2D eigenvalue weighted by molar-refractivity contribution is 7.89. The summed E-state index contributed by atoms with van der Waals surface area (Å²) in [5.41, 5.74) is 5.44. The van der Waals surface area contributed by atoms with E-state index in [0.29, 0.717) is 18.8 Å². The SMILES string of the molecule is CCCn1cc(S(=O)(=O)NC(CC)C(N)=NO)nc1C. The second-order valence-electron chi connectivity index (χ2n) is 4.43. The van der Waals surface area contributed by atoms with Crippen LogP contribution in [0.2, 0.25) is 0 Å². The van der Waals surface area contributed by atoms with Crippen molar-refractivity contribution in [2.45, 2.75) is 51.2 Å². The predicted molar refractivity (Wildman–Crippen MR) is 75.1 cm³/mol. The minimum atomic E-state index is -3.80.